The van der Waals surface area contributed by atoms with Crippen molar-refractivity contribution in [3.8, 4) is 5.75 Å². The summed E-state index contributed by atoms with van der Waals surface area (Å²) in [7, 11) is -3.07. The zero-order valence-electron chi connectivity index (χ0n) is 14.3. The second-order valence-corrected chi connectivity index (χ2v) is 8.41. The maximum absolute atomic E-state index is 12.6. The van der Waals surface area contributed by atoms with Crippen LogP contribution in [0.1, 0.15) is 36.5 Å². The van der Waals surface area contributed by atoms with Crippen LogP contribution < -0.4 is 10.5 Å². The van der Waals surface area contributed by atoms with Crippen LogP contribution >= 0.6 is 0 Å². The molecule has 25 heavy (non-hydrogen) atoms. The minimum Gasteiger partial charge on any atom is -0.484 e. The van der Waals surface area contributed by atoms with Gasteiger partial charge in [0.05, 0.1) is 11.5 Å². The lowest BCUT2D eigenvalue weighted by Crippen LogP contribution is -2.44. The van der Waals surface area contributed by atoms with Gasteiger partial charge in [0.15, 0.2) is 16.4 Å². The van der Waals surface area contributed by atoms with Crippen LogP contribution in [-0.2, 0) is 14.6 Å². The summed E-state index contributed by atoms with van der Waals surface area (Å²) in [6.45, 7) is 2.32. The van der Waals surface area contributed by atoms with Crippen molar-refractivity contribution in [3.05, 3.63) is 29.8 Å². The number of ether oxygens (including phenoxy) is 1. The number of unbranched alkanes of at least 4 members (excludes halogenated alkanes) is 1. The van der Waals surface area contributed by atoms with Gasteiger partial charge < -0.3 is 15.4 Å². The second kappa shape index (κ2) is 8.33. The lowest BCUT2D eigenvalue weighted by Gasteiger charge is -2.28. The van der Waals surface area contributed by atoms with Gasteiger partial charge in [0.2, 0.25) is 5.91 Å². The highest BCUT2D eigenvalue weighted by molar-refractivity contribution is 7.91. The van der Waals surface area contributed by atoms with Gasteiger partial charge in [0, 0.05) is 18.2 Å². The molecule has 0 saturated carbocycles. The summed E-state index contributed by atoms with van der Waals surface area (Å²) < 4.78 is 28.9. The molecule has 1 heterocycles. The molecule has 1 aromatic rings. The molecule has 0 aliphatic carbocycles. The first-order chi connectivity index (χ1) is 11.8. The maximum atomic E-state index is 12.6. The predicted molar refractivity (Wildman–Crippen MR) is 94.1 cm³/mol. The number of hydrogen-bond donors (Lipinski definition) is 1. The summed E-state index contributed by atoms with van der Waals surface area (Å²) >= 11 is 0. The number of hydrogen-bond acceptors (Lipinski definition) is 5. The molecule has 2 rings (SSSR count). The third-order valence-corrected chi connectivity index (χ3v) is 5.95. The zero-order chi connectivity index (χ0) is 18.4. The Morgan fingerprint density at radius 2 is 2.12 bits per heavy atom. The number of amides is 2. The second-order valence-electron chi connectivity index (χ2n) is 6.18. The molecule has 1 atom stereocenters. The van der Waals surface area contributed by atoms with Crippen molar-refractivity contribution >= 4 is 21.7 Å². The Morgan fingerprint density at radius 1 is 1.36 bits per heavy atom. The quantitative estimate of drug-likeness (QED) is 0.736. The highest BCUT2D eigenvalue weighted by atomic mass is 32.2. The smallest absolute Gasteiger partial charge is 0.260 e. The summed E-state index contributed by atoms with van der Waals surface area (Å²) in [5.41, 5.74) is 5.52. The molecule has 7 nitrogen and oxygen atoms in total. The Hall–Kier alpha value is -2.09. The van der Waals surface area contributed by atoms with E-state index in [2.05, 4.69) is 0 Å². The van der Waals surface area contributed by atoms with Crippen molar-refractivity contribution in [2.75, 3.05) is 24.7 Å². The van der Waals surface area contributed by atoms with Crippen LogP contribution in [0.5, 0.6) is 5.75 Å². The highest BCUT2D eigenvalue weighted by Gasteiger charge is 2.34. The number of carbonyl (C=O) groups excluding carboxylic acids is 2. The van der Waals surface area contributed by atoms with Gasteiger partial charge in [-0.1, -0.05) is 19.4 Å². The predicted octanol–water partition coefficient (Wildman–Crippen LogP) is 0.980. The van der Waals surface area contributed by atoms with Crippen LogP contribution in [0.3, 0.4) is 0 Å². The summed E-state index contributed by atoms with van der Waals surface area (Å²) in [6, 6.07) is 6.01. The van der Waals surface area contributed by atoms with Crippen LogP contribution in [0, 0.1) is 0 Å². The first-order valence-electron chi connectivity index (χ1n) is 8.35. The number of nitrogens with zero attached hydrogens (tertiary/aromatic N) is 1. The minimum absolute atomic E-state index is 0.0135. The van der Waals surface area contributed by atoms with Crippen molar-refractivity contribution in [3.63, 3.8) is 0 Å². The number of nitrogens with two attached hydrogens (primary N) is 1. The Bertz CT molecular complexity index is 732. The fourth-order valence-corrected chi connectivity index (χ4v) is 4.56. The van der Waals surface area contributed by atoms with E-state index in [9.17, 15) is 18.0 Å². The molecule has 0 radical (unpaired) electrons. The van der Waals surface area contributed by atoms with Crippen LogP contribution in [0.25, 0.3) is 0 Å². The molecule has 2 amide bonds. The molecule has 1 saturated heterocycles. The first kappa shape index (κ1) is 19.2. The zero-order valence-corrected chi connectivity index (χ0v) is 15.1. The van der Waals surface area contributed by atoms with Crippen LogP contribution in [0.15, 0.2) is 24.3 Å². The molecule has 0 bridgehead atoms. The van der Waals surface area contributed by atoms with E-state index < -0.39 is 15.7 Å². The standard InChI is InChI=1S/C17H24N2O5S/c1-2-3-8-19(14-7-9-25(22,23)12-14)16(20)11-24-15-6-4-5-13(10-15)17(18)21/h4-6,10,14H,2-3,7-9,11-12H2,1H3,(H2,18,21). The van der Waals surface area contributed by atoms with Gasteiger partial charge in [0.25, 0.3) is 5.91 Å². The molecule has 1 aliphatic heterocycles. The van der Waals surface area contributed by atoms with E-state index >= 15 is 0 Å². The molecule has 138 valence electrons. The molecule has 1 aliphatic rings. The summed E-state index contributed by atoms with van der Waals surface area (Å²) in [6.07, 6.45) is 2.18. The van der Waals surface area contributed by atoms with Crippen molar-refractivity contribution < 1.29 is 22.7 Å². The minimum atomic E-state index is -3.07. The number of sulfone groups is 1. The first-order valence-corrected chi connectivity index (χ1v) is 10.2. The Morgan fingerprint density at radius 3 is 2.72 bits per heavy atom. The number of rotatable bonds is 8. The lowest BCUT2D eigenvalue weighted by atomic mass is 10.2. The lowest BCUT2D eigenvalue weighted by molar-refractivity contribution is -0.135. The Kier molecular flexibility index (Phi) is 6.41. The Balaban J connectivity index is 2.01. The summed E-state index contributed by atoms with van der Waals surface area (Å²) in [4.78, 5) is 25.4. The van der Waals surface area contributed by atoms with Gasteiger partial charge in [-0.2, -0.15) is 0 Å². The molecule has 1 unspecified atom stereocenters. The molecule has 2 N–H and O–H groups in total. The molecule has 1 fully saturated rings. The normalized spacial score (nSPS) is 18.7. The monoisotopic (exact) mass is 368 g/mol. The van der Waals surface area contributed by atoms with Gasteiger partial charge in [0.1, 0.15) is 5.75 Å². The number of carbonyl (C=O) groups is 2. The van der Waals surface area contributed by atoms with E-state index in [1.165, 1.54) is 6.07 Å². The molecular weight excluding hydrogens is 344 g/mol. The third kappa shape index (κ3) is 5.45. The van der Waals surface area contributed by atoms with Crippen LogP contribution in [0.2, 0.25) is 0 Å². The number of primary amides is 1. The van der Waals surface area contributed by atoms with Gasteiger partial charge >= 0.3 is 0 Å². The maximum Gasteiger partial charge on any atom is 0.260 e. The van der Waals surface area contributed by atoms with Gasteiger partial charge in [-0.15, -0.1) is 0 Å². The summed E-state index contributed by atoms with van der Waals surface area (Å²) in [5.74, 6) is -0.314. The highest BCUT2D eigenvalue weighted by Crippen LogP contribution is 2.19. The molecular formula is C17H24N2O5S. The average Bonchev–Trinajstić information content (AvgIpc) is 2.93. The molecule has 0 aromatic heterocycles. The number of benzene rings is 1. The fourth-order valence-electron chi connectivity index (χ4n) is 2.83. The van der Waals surface area contributed by atoms with E-state index in [-0.39, 0.29) is 30.1 Å². The van der Waals surface area contributed by atoms with E-state index in [0.717, 1.165) is 12.8 Å². The van der Waals surface area contributed by atoms with Crippen LogP contribution in [-0.4, -0.2) is 55.8 Å². The van der Waals surface area contributed by atoms with Crippen molar-refractivity contribution in [1.82, 2.24) is 4.90 Å². The van der Waals surface area contributed by atoms with E-state index in [1.807, 2.05) is 6.92 Å². The molecule has 8 heteroatoms. The fraction of sp³-hybridized carbons (Fsp3) is 0.529. The van der Waals surface area contributed by atoms with Crippen LogP contribution in [0.4, 0.5) is 0 Å². The van der Waals surface area contributed by atoms with Gasteiger partial charge in [-0.05, 0) is 31.0 Å². The molecule has 1 aromatic carbocycles. The topological polar surface area (TPSA) is 107 Å². The van der Waals surface area contributed by atoms with E-state index in [1.54, 1.807) is 23.1 Å². The van der Waals surface area contributed by atoms with Crippen molar-refractivity contribution in [2.24, 2.45) is 5.73 Å². The SMILES string of the molecule is CCCCN(C(=O)COc1cccc(C(N)=O)c1)C1CCS(=O)(=O)C1. The average molecular weight is 368 g/mol. The van der Waals surface area contributed by atoms with Crippen molar-refractivity contribution in [1.29, 1.82) is 0 Å². The van der Waals surface area contributed by atoms with Gasteiger partial charge in [-0.3, -0.25) is 9.59 Å². The Labute approximate surface area is 148 Å². The summed E-state index contributed by atoms with van der Waals surface area (Å²) in [5, 5.41) is 0. The van der Waals surface area contributed by atoms with Gasteiger partial charge in [-0.25, -0.2) is 8.42 Å². The third-order valence-electron chi connectivity index (χ3n) is 4.20. The largest absolute Gasteiger partial charge is 0.484 e. The molecule has 0 spiro atoms. The van der Waals surface area contributed by atoms with E-state index in [4.69, 9.17) is 10.5 Å². The van der Waals surface area contributed by atoms with E-state index in [0.29, 0.717) is 24.3 Å². The van der Waals surface area contributed by atoms with Crippen molar-refractivity contribution in [2.45, 2.75) is 32.2 Å².